The third kappa shape index (κ3) is 3.51. The molecule has 0 fully saturated rings. The Morgan fingerprint density at radius 1 is 0.235 bits per heavy atom. The predicted molar refractivity (Wildman–Crippen MR) is 288 cm³/mol. The zero-order valence-electron chi connectivity index (χ0n) is 36.4. The minimum absolute atomic E-state index is 0.0108. The highest BCUT2D eigenvalue weighted by Crippen LogP contribution is 2.45. The minimum Gasteiger partial charge on any atom is -0.310 e. The van der Waals surface area contributed by atoms with Crippen LogP contribution < -0.4 is 32.8 Å². The Morgan fingerprint density at radius 3 is 1.10 bits per heavy atom. The molecule has 0 atom stereocenters. The third-order valence-electron chi connectivity index (χ3n) is 17.1. The van der Waals surface area contributed by atoms with Gasteiger partial charge >= 0.3 is 0 Å². The number of rotatable bonds is 0. The van der Waals surface area contributed by atoms with E-state index < -0.39 is 0 Å². The molecule has 0 unspecified atom stereocenters. The molecule has 0 bridgehead atoms. The Hall–Kier alpha value is -8.73. The lowest BCUT2D eigenvalue weighted by atomic mass is 9.32. The van der Waals surface area contributed by atoms with Gasteiger partial charge in [-0.3, -0.25) is 0 Å². The van der Waals surface area contributed by atoms with Gasteiger partial charge in [0.2, 0.25) is 0 Å². The molecule has 4 nitrogen and oxygen atoms in total. The van der Waals surface area contributed by atoms with Crippen molar-refractivity contribution in [2.75, 3.05) is 0 Å². The van der Waals surface area contributed by atoms with Crippen molar-refractivity contribution in [3.8, 4) is 22.7 Å². The highest BCUT2D eigenvalue weighted by molar-refractivity contribution is 7.02. The molecule has 19 rings (SSSR count). The lowest BCUT2D eigenvalue weighted by molar-refractivity contribution is 1.14. The number of fused-ring (bicyclic) bond motifs is 26. The number of hydrogen-bond acceptors (Lipinski definition) is 0. The van der Waals surface area contributed by atoms with E-state index in [1.165, 1.54) is 164 Å². The summed E-state index contributed by atoms with van der Waals surface area (Å²) in [7, 11) is 0. The molecule has 0 saturated heterocycles. The van der Waals surface area contributed by atoms with Crippen LogP contribution in [0, 0.1) is 0 Å². The summed E-state index contributed by atoms with van der Waals surface area (Å²) in [4.78, 5) is 0. The Bertz CT molecular complexity index is 4690. The first kappa shape index (κ1) is 33.7. The van der Waals surface area contributed by atoms with Crippen LogP contribution in [0.4, 0.5) is 0 Å². The zero-order valence-corrected chi connectivity index (χ0v) is 36.4. The SMILES string of the molecule is c1ccc2c(c1)ccc1c3ccc4c5c3n(c21)-c1cc2c(cc1B5c1cccc3c5ccccc5n-4c13)-n1c3c4c(ccc3c3ccc5ccccc5c31)-n1c3ccccc3c3cccc(c31)B24. The summed E-state index contributed by atoms with van der Waals surface area (Å²) in [6.07, 6.45) is 0. The van der Waals surface area contributed by atoms with Crippen molar-refractivity contribution in [1.29, 1.82) is 0 Å². The van der Waals surface area contributed by atoms with Crippen molar-refractivity contribution in [3.05, 3.63) is 194 Å². The summed E-state index contributed by atoms with van der Waals surface area (Å²) in [5.74, 6) is 0. The maximum absolute atomic E-state index is 2.70. The highest BCUT2D eigenvalue weighted by atomic mass is 15.1. The predicted octanol–water partition coefficient (Wildman–Crippen LogP) is 10.7. The maximum atomic E-state index is 2.70. The van der Waals surface area contributed by atoms with Crippen LogP contribution in [0.15, 0.2) is 194 Å². The molecule has 15 aromatic rings. The topological polar surface area (TPSA) is 19.7 Å². The second-order valence-electron chi connectivity index (χ2n) is 19.9. The first-order chi connectivity index (χ1) is 33.8. The Labute approximate surface area is 388 Å². The molecule has 4 aliphatic rings. The fourth-order valence-corrected chi connectivity index (χ4v) is 14.7. The van der Waals surface area contributed by atoms with E-state index in [9.17, 15) is 0 Å². The van der Waals surface area contributed by atoms with Gasteiger partial charge in [-0.1, -0.05) is 158 Å². The van der Waals surface area contributed by atoms with E-state index in [1.807, 2.05) is 0 Å². The average molecular weight is 855 g/mol. The lowest BCUT2D eigenvalue weighted by Gasteiger charge is -2.37. The van der Waals surface area contributed by atoms with Gasteiger partial charge in [-0.15, -0.1) is 0 Å². The van der Waals surface area contributed by atoms with Gasteiger partial charge in [-0.25, -0.2) is 0 Å². The van der Waals surface area contributed by atoms with Gasteiger partial charge in [-0.05, 0) is 79.9 Å². The minimum atomic E-state index is 0.0108. The van der Waals surface area contributed by atoms with Crippen molar-refractivity contribution in [3.63, 3.8) is 0 Å². The van der Waals surface area contributed by atoms with Gasteiger partial charge in [-0.2, -0.15) is 0 Å². The zero-order chi connectivity index (χ0) is 43.4. The molecule has 8 heterocycles. The van der Waals surface area contributed by atoms with Crippen molar-refractivity contribution >= 4 is 155 Å². The molecule has 68 heavy (non-hydrogen) atoms. The molecule has 0 radical (unpaired) electrons. The summed E-state index contributed by atoms with van der Waals surface area (Å²) < 4.78 is 10.6. The first-order valence-electron chi connectivity index (χ1n) is 24.0. The van der Waals surface area contributed by atoms with Crippen LogP contribution in [0.5, 0.6) is 0 Å². The van der Waals surface area contributed by atoms with Crippen LogP contribution in [-0.2, 0) is 0 Å². The molecule has 11 aromatic carbocycles. The average Bonchev–Trinajstić information content (AvgIpc) is 4.14. The number of para-hydroxylation sites is 4. The van der Waals surface area contributed by atoms with Crippen LogP contribution in [0.2, 0.25) is 0 Å². The van der Waals surface area contributed by atoms with Gasteiger partial charge in [0.1, 0.15) is 0 Å². The van der Waals surface area contributed by atoms with E-state index in [0.717, 1.165) is 0 Å². The molecule has 4 aliphatic heterocycles. The number of hydrogen-bond donors (Lipinski definition) is 0. The quantitative estimate of drug-likeness (QED) is 0.135. The molecule has 0 aliphatic carbocycles. The Kier molecular flexibility index (Phi) is 5.50. The second-order valence-corrected chi connectivity index (χ2v) is 19.9. The van der Waals surface area contributed by atoms with E-state index in [-0.39, 0.29) is 13.4 Å². The molecule has 306 valence electrons. The molecule has 0 N–H and O–H groups in total. The van der Waals surface area contributed by atoms with Crippen molar-refractivity contribution < 1.29 is 0 Å². The highest BCUT2D eigenvalue weighted by Gasteiger charge is 2.45. The van der Waals surface area contributed by atoms with Crippen LogP contribution in [-0.4, -0.2) is 31.7 Å². The van der Waals surface area contributed by atoms with Gasteiger partial charge in [0, 0.05) is 87.6 Å². The van der Waals surface area contributed by atoms with E-state index >= 15 is 0 Å². The van der Waals surface area contributed by atoms with E-state index in [4.69, 9.17) is 0 Å². The largest absolute Gasteiger partial charge is 0.310 e. The molecule has 6 heteroatoms. The fraction of sp³-hybridized carbons (Fsp3) is 0. The van der Waals surface area contributed by atoms with E-state index in [2.05, 4.69) is 212 Å². The van der Waals surface area contributed by atoms with Crippen LogP contribution >= 0.6 is 0 Å². The Balaban J connectivity index is 1.06. The second kappa shape index (κ2) is 11.1. The summed E-state index contributed by atoms with van der Waals surface area (Å²) in [6.45, 7) is 0.0217. The van der Waals surface area contributed by atoms with Crippen LogP contribution in [0.1, 0.15) is 0 Å². The molecule has 0 spiro atoms. The van der Waals surface area contributed by atoms with Gasteiger partial charge in [0.25, 0.3) is 13.4 Å². The van der Waals surface area contributed by atoms with Gasteiger partial charge in [0.15, 0.2) is 0 Å². The van der Waals surface area contributed by atoms with Gasteiger partial charge < -0.3 is 18.3 Å². The van der Waals surface area contributed by atoms with Crippen LogP contribution in [0.3, 0.4) is 0 Å². The molecule has 4 aromatic heterocycles. The van der Waals surface area contributed by atoms with Crippen LogP contribution in [0.25, 0.3) is 132 Å². The van der Waals surface area contributed by atoms with Crippen molar-refractivity contribution in [1.82, 2.24) is 18.3 Å². The Morgan fingerprint density at radius 2 is 0.618 bits per heavy atom. The van der Waals surface area contributed by atoms with Gasteiger partial charge in [0.05, 0.1) is 33.1 Å². The van der Waals surface area contributed by atoms with E-state index in [1.54, 1.807) is 0 Å². The molecular formula is C62H32B2N4. The summed E-state index contributed by atoms with van der Waals surface area (Å²) in [5, 5.41) is 15.6. The maximum Gasteiger partial charge on any atom is 0.252 e. The summed E-state index contributed by atoms with van der Waals surface area (Å²) in [5.41, 5.74) is 23.8. The normalized spacial score (nSPS) is 13.8. The third-order valence-corrected chi connectivity index (χ3v) is 17.1. The molecular weight excluding hydrogens is 822 g/mol. The van der Waals surface area contributed by atoms with E-state index in [0.29, 0.717) is 0 Å². The molecule has 0 amide bonds. The smallest absolute Gasteiger partial charge is 0.252 e. The first-order valence-corrected chi connectivity index (χ1v) is 24.0. The fourth-order valence-electron chi connectivity index (χ4n) is 14.7. The standard InChI is InChI=1S/C62H32B2N4/c1-3-13-35-33(11-1)23-25-41-43-27-29-51-55-61(43)67(57(35)41)53-31-48-54(32-47(53)63(55)45-19-9-17-39-37-15-5-7-21-49(37)65(51)59(39)45)68-58-36-14-4-2-12-34(36)24-26-42(58)44-28-30-52-56(62(44)68)64(48)46-20-10-18-40-38-16-6-8-22-50(38)66(52)60(40)46/h1-32H. The van der Waals surface area contributed by atoms with Crippen molar-refractivity contribution in [2.45, 2.75) is 0 Å². The lowest BCUT2D eigenvalue weighted by Crippen LogP contribution is -2.62. The summed E-state index contributed by atoms with van der Waals surface area (Å²) in [6, 6.07) is 74.7. The number of aromatic nitrogens is 4. The monoisotopic (exact) mass is 854 g/mol. The number of nitrogens with zero attached hydrogens (tertiary/aromatic N) is 4. The van der Waals surface area contributed by atoms with Crippen molar-refractivity contribution in [2.24, 2.45) is 0 Å². The number of benzene rings is 11. The summed E-state index contributed by atoms with van der Waals surface area (Å²) >= 11 is 0. The molecule has 0 saturated carbocycles.